The van der Waals surface area contributed by atoms with Crippen LogP contribution in [0.2, 0.25) is 0 Å². The van der Waals surface area contributed by atoms with Gasteiger partial charge in [0.2, 0.25) is 0 Å². The maximum Gasteiger partial charge on any atom is 0.164 e. The molecule has 0 aliphatic carbocycles. The van der Waals surface area contributed by atoms with Crippen LogP contribution < -0.4 is 4.90 Å². The van der Waals surface area contributed by atoms with Gasteiger partial charge in [-0.05, 0) is 83.9 Å². The number of hydrogen-bond acceptors (Lipinski definition) is 6. The Bertz CT molecular complexity index is 3530. The summed E-state index contributed by atoms with van der Waals surface area (Å²) in [5.41, 5.74) is 13.7. The lowest BCUT2D eigenvalue weighted by Gasteiger charge is -2.25. The van der Waals surface area contributed by atoms with Crippen molar-refractivity contribution < 1.29 is 0 Å². The van der Waals surface area contributed by atoms with Crippen molar-refractivity contribution in [3.8, 4) is 61.5 Å². The van der Waals surface area contributed by atoms with Crippen LogP contribution in [0.15, 0.2) is 231 Å². The average Bonchev–Trinajstić information content (AvgIpc) is 3.98. The summed E-state index contributed by atoms with van der Waals surface area (Å²) in [6.07, 6.45) is 0. The molecule has 0 saturated carbocycles. The summed E-state index contributed by atoms with van der Waals surface area (Å²) in [5.74, 6) is 1.87. The Morgan fingerprint density at radius 2 is 0.862 bits per heavy atom. The Labute approximate surface area is 380 Å². The fraction of sp³-hybridized carbons (Fsp3) is 0. The second-order valence-corrected chi connectivity index (χ2v) is 16.9. The second kappa shape index (κ2) is 16.3. The summed E-state index contributed by atoms with van der Waals surface area (Å²) in [4.78, 5) is 22.6. The normalized spacial score (nSPS) is 11.4. The van der Waals surface area contributed by atoms with Crippen molar-refractivity contribution >= 4 is 60.4 Å². The molecule has 0 N–H and O–H groups in total. The van der Waals surface area contributed by atoms with Gasteiger partial charge < -0.3 is 9.47 Å². The highest BCUT2D eigenvalue weighted by Gasteiger charge is 2.21. The molecule has 12 aromatic rings. The van der Waals surface area contributed by atoms with Crippen molar-refractivity contribution in [1.29, 1.82) is 0 Å². The molecule has 0 spiro atoms. The van der Waals surface area contributed by atoms with Crippen LogP contribution in [0.3, 0.4) is 0 Å². The van der Waals surface area contributed by atoms with Gasteiger partial charge >= 0.3 is 0 Å². The van der Waals surface area contributed by atoms with Gasteiger partial charge in [-0.1, -0.05) is 158 Å². The van der Waals surface area contributed by atoms with E-state index >= 15 is 0 Å². The number of nitrogens with zero attached hydrogens (tertiary/aromatic N) is 6. The predicted molar refractivity (Wildman–Crippen MR) is 269 cm³/mol. The average molecular weight is 851 g/mol. The Hall–Kier alpha value is -8.52. The highest BCUT2D eigenvalue weighted by Crippen LogP contribution is 2.43. The first kappa shape index (κ1) is 38.2. The molecule has 3 heterocycles. The standard InChI is InChI=1S/C58H38N6S/c1-6-17-40(18-7-1)55-60-56(41-19-8-2-9-20-41)62-57(61-55)44-23-16-28-48(37-44)64-52-36-31-43(38-50(52)49-34-35-51-54(53(49)64)65-58(59-51)42-21-10-3-11-22-42)39-29-32-47(33-30-39)63(45-24-12-4-13-25-45)46-26-14-5-15-27-46/h1-38H. The minimum absolute atomic E-state index is 0.610. The molecule has 0 aliphatic rings. The SMILES string of the molecule is c1ccc(-c2nc(-c3ccccc3)nc(-c3cccc(-n4c5ccc(-c6ccc(N(c7ccccc7)c7ccccc7)cc6)cc5c5ccc6nc(-c7ccccc7)sc6c54)c3)n2)cc1. The van der Waals surface area contributed by atoms with Crippen LogP contribution in [0, 0.1) is 0 Å². The van der Waals surface area contributed by atoms with Crippen molar-refractivity contribution in [2.24, 2.45) is 0 Å². The van der Waals surface area contributed by atoms with E-state index in [2.05, 4.69) is 173 Å². The van der Waals surface area contributed by atoms with Gasteiger partial charge in [0, 0.05) is 55.8 Å². The van der Waals surface area contributed by atoms with Gasteiger partial charge in [-0.3, -0.25) is 0 Å². The number of benzene rings is 9. The molecule has 306 valence electrons. The molecular weight excluding hydrogens is 813 g/mol. The maximum atomic E-state index is 5.19. The minimum atomic E-state index is 0.610. The molecule has 0 radical (unpaired) electrons. The Morgan fingerprint density at radius 3 is 1.46 bits per heavy atom. The molecule has 9 aromatic carbocycles. The fourth-order valence-electron chi connectivity index (χ4n) is 8.76. The molecular formula is C58H38N6S. The maximum absolute atomic E-state index is 5.19. The van der Waals surface area contributed by atoms with Gasteiger partial charge in [0.25, 0.3) is 0 Å². The van der Waals surface area contributed by atoms with Crippen LogP contribution in [-0.4, -0.2) is 24.5 Å². The van der Waals surface area contributed by atoms with Crippen LogP contribution in [0.25, 0.3) is 93.6 Å². The van der Waals surface area contributed by atoms with Gasteiger partial charge in [0.05, 0.1) is 21.3 Å². The van der Waals surface area contributed by atoms with E-state index in [1.807, 2.05) is 66.7 Å². The van der Waals surface area contributed by atoms with E-state index in [9.17, 15) is 0 Å². The first-order chi connectivity index (χ1) is 32.2. The van der Waals surface area contributed by atoms with Gasteiger partial charge in [0.15, 0.2) is 17.5 Å². The van der Waals surface area contributed by atoms with Gasteiger partial charge in [-0.25, -0.2) is 19.9 Å². The molecule has 7 heteroatoms. The molecule has 0 atom stereocenters. The molecule has 0 bridgehead atoms. The van der Waals surface area contributed by atoms with Crippen molar-refractivity contribution in [2.75, 3.05) is 4.90 Å². The van der Waals surface area contributed by atoms with Gasteiger partial charge in [-0.2, -0.15) is 0 Å². The third kappa shape index (κ3) is 7.10. The zero-order valence-electron chi connectivity index (χ0n) is 35.0. The largest absolute Gasteiger partial charge is 0.311 e. The van der Waals surface area contributed by atoms with Crippen molar-refractivity contribution in [2.45, 2.75) is 0 Å². The van der Waals surface area contributed by atoms with E-state index < -0.39 is 0 Å². The summed E-state index contributed by atoms with van der Waals surface area (Å²) in [5, 5.41) is 3.32. The summed E-state index contributed by atoms with van der Waals surface area (Å²) in [7, 11) is 0. The van der Waals surface area contributed by atoms with Gasteiger partial charge in [0.1, 0.15) is 5.01 Å². The lowest BCUT2D eigenvalue weighted by molar-refractivity contribution is 1.07. The molecule has 6 nitrogen and oxygen atoms in total. The lowest BCUT2D eigenvalue weighted by Crippen LogP contribution is -2.09. The molecule has 3 aromatic heterocycles. The quantitative estimate of drug-likeness (QED) is 0.145. The number of thiazole rings is 1. The molecule has 12 rings (SSSR count). The number of hydrogen-bond donors (Lipinski definition) is 0. The van der Waals surface area contributed by atoms with Crippen LogP contribution in [-0.2, 0) is 0 Å². The first-order valence-electron chi connectivity index (χ1n) is 21.6. The summed E-state index contributed by atoms with van der Waals surface area (Å²) in [6.45, 7) is 0. The van der Waals surface area contributed by atoms with Crippen LogP contribution in [0.4, 0.5) is 17.1 Å². The Morgan fingerprint density at radius 1 is 0.354 bits per heavy atom. The van der Waals surface area contributed by atoms with E-state index in [1.165, 1.54) is 0 Å². The fourth-order valence-corrected chi connectivity index (χ4v) is 9.87. The molecule has 0 fully saturated rings. The monoisotopic (exact) mass is 850 g/mol. The molecule has 65 heavy (non-hydrogen) atoms. The molecule has 0 unspecified atom stereocenters. The third-order valence-corrected chi connectivity index (χ3v) is 13.0. The summed E-state index contributed by atoms with van der Waals surface area (Å²) in [6, 6.07) is 80.4. The van der Waals surface area contributed by atoms with E-state index in [4.69, 9.17) is 19.9 Å². The first-order valence-corrected chi connectivity index (χ1v) is 22.5. The smallest absolute Gasteiger partial charge is 0.164 e. The van der Waals surface area contributed by atoms with Crippen molar-refractivity contribution in [3.63, 3.8) is 0 Å². The zero-order chi connectivity index (χ0) is 43.1. The van der Waals surface area contributed by atoms with E-state index in [0.29, 0.717) is 17.5 Å². The highest BCUT2D eigenvalue weighted by molar-refractivity contribution is 7.22. The number of aromatic nitrogens is 5. The Balaban J connectivity index is 1.02. The van der Waals surface area contributed by atoms with E-state index in [0.717, 1.165) is 93.2 Å². The van der Waals surface area contributed by atoms with E-state index in [-0.39, 0.29) is 0 Å². The minimum Gasteiger partial charge on any atom is -0.311 e. The van der Waals surface area contributed by atoms with Crippen LogP contribution >= 0.6 is 11.3 Å². The van der Waals surface area contributed by atoms with E-state index in [1.54, 1.807) is 11.3 Å². The Kier molecular flexibility index (Phi) is 9.58. The number of rotatable bonds is 9. The zero-order valence-corrected chi connectivity index (χ0v) is 35.8. The summed E-state index contributed by atoms with van der Waals surface area (Å²) < 4.78 is 3.53. The summed E-state index contributed by atoms with van der Waals surface area (Å²) >= 11 is 1.74. The number of para-hydroxylation sites is 2. The number of anilines is 3. The van der Waals surface area contributed by atoms with Gasteiger partial charge in [-0.15, -0.1) is 11.3 Å². The van der Waals surface area contributed by atoms with Crippen molar-refractivity contribution in [1.82, 2.24) is 24.5 Å². The molecule has 0 aliphatic heterocycles. The number of fused-ring (bicyclic) bond motifs is 5. The predicted octanol–water partition coefficient (Wildman–Crippen LogP) is 15.4. The highest BCUT2D eigenvalue weighted by atomic mass is 32.1. The van der Waals surface area contributed by atoms with Crippen molar-refractivity contribution in [3.05, 3.63) is 231 Å². The molecule has 0 amide bonds. The topological polar surface area (TPSA) is 59.7 Å². The van der Waals surface area contributed by atoms with Crippen LogP contribution in [0.5, 0.6) is 0 Å². The molecule has 0 saturated heterocycles. The van der Waals surface area contributed by atoms with Crippen LogP contribution in [0.1, 0.15) is 0 Å². The lowest BCUT2D eigenvalue weighted by atomic mass is 10.0. The third-order valence-electron chi connectivity index (χ3n) is 11.9. The second-order valence-electron chi connectivity index (χ2n) is 15.9.